The van der Waals surface area contributed by atoms with Crippen molar-refractivity contribution in [3.05, 3.63) is 23.9 Å². The van der Waals surface area contributed by atoms with E-state index in [4.69, 9.17) is 0 Å². The van der Waals surface area contributed by atoms with E-state index in [0.29, 0.717) is 43.4 Å². The van der Waals surface area contributed by atoms with E-state index in [9.17, 15) is 14.4 Å². The minimum absolute atomic E-state index is 0.0521. The molecule has 2 unspecified atom stereocenters. The van der Waals surface area contributed by atoms with Crippen LogP contribution in [-0.4, -0.2) is 76.9 Å². The molecule has 0 radical (unpaired) electrons. The number of carbonyl (C=O) groups excluding carboxylic acids is 3. The van der Waals surface area contributed by atoms with Crippen molar-refractivity contribution in [2.24, 2.45) is 0 Å². The van der Waals surface area contributed by atoms with Crippen molar-refractivity contribution >= 4 is 23.5 Å². The number of nitrogens with one attached hydrogen (secondary N) is 3. The van der Waals surface area contributed by atoms with Crippen LogP contribution in [0.2, 0.25) is 0 Å². The fourth-order valence-electron chi connectivity index (χ4n) is 4.71. The van der Waals surface area contributed by atoms with Gasteiger partial charge in [0.2, 0.25) is 11.8 Å². The van der Waals surface area contributed by atoms with Gasteiger partial charge in [0.05, 0.1) is 12.1 Å². The number of carbonyl (C=O) groups is 3. The van der Waals surface area contributed by atoms with E-state index in [2.05, 4.69) is 32.8 Å². The molecule has 4 rings (SSSR count). The number of aromatic nitrogens is 1. The van der Waals surface area contributed by atoms with E-state index in [1.54, 1.807) is 23.2 Å². The lowest BCUT2D eigenvalue weighted by Gasteiger charge is -2.39. The first kappa shape index (κ1) is 20.6. The first-order valence-corrected chi connectivity index (χ1v) is 10.8. The molecule has 1 aromatic heterocycles. The van der Waals surface area contributed by atoms with Gasteiger partial charge in [0.1, 0.15) is 11.5 Å². The Labute approximate surface area is 176 Å². The monoisotopic (exact) mass is 414 g/mol. The number of fused-ring (bicyclic) bond motifs is 1. The van der Waals surface area contributed by atoms with E-state index in [1.165, 1.54) is 0 Å². The van der Waals surface area contributed by atoms with E-state index in [1.807, 2.05) is 0 Å². The zero-order valence-electron chi connectivity index (χ0n) is 17.4. The van der Waals surface area contributed by atoms with Crippen LogP contribution < -0.4 is 16.0 Å². The van der Waals surface area contributed by atoms with Crippen LogP contribution >= 0.6 is 0 Å². The van der Waals surface area contributed by atoms with Crippen LogP contribution in [0, 0.1) is 0 Å². The molecule has 2 saturated heterocycles. The van der Waals surface area contributed by atoms with Crippen LogP contribution in [0.15, 0.2) is 18.3 Å². The molecular weight excluding hydrogens is 384 g/mol. The first-order chi connectivity index (χ1) is 14.5. The maximum atomic E-state index is 12.6. The average Bonchev–Trinajstić information content (AvgIpc) is 3.16. The summed E-state index contributed by atoms with van der Waals surface area (Å²) in [6, 6.07) is 3.83. The largest absolute Gasteiger partial charge is 0.353 e. The Morgan fingerprint density at radius 2 is 2.17 bits per heavy atom. The standard InChI is InChI=1S/C21H30N6O3/c1-2-26-11-4-5-15(26)13-23-17(28)14-27-12-9-21(8-7-18(27)29)24-19-16(20(30)25-21)6-3-10-22-19/h3,6,10,15H,2,4-5,7-9,11-14H2,1H3,(H,22,24)(H,23,28)(H,25,30). The first-order valence-electron chi connectivity index (χ1n) is 10.8. The Morgan fingerprint density at radius 3 is 3.00 bits per heavy atom. The quantitative estimate of drug-likeness (QED) is 0.650. The van der Waals surface area contributed by atoms with Crippen LogP contribution in [-0.2, 0) is 9.59 Å². The van der Waals surface area contributed by atoms with E-state index < -0.39 is 5.66 Å². The highest BCUT2D eigenvalue weighted by Crippen LogP contribution is 2.30. The molecule has 1 spiro atoms. The molecule has 3 aliphatic heterocycles. The van der Waals surface area contributed by atoms with Crippen molar-refractivity contribution in [2.45, 2.75) is 50.7 Å². The smallest absolute Gasteiger partial charge is 0.256 e. The number of rotatable bonds is 5. The number of amides is 3. The molecule has 9 heteroatoms. The highest BCUT2D eigenvalue weighted by Gasteiger charge is 2.41. The maximum absolute atomic E-state index is 12.6. The fraction of sp³-hybridized carbons (Fsp3) is 0.619. The number of hydrogen-bond donors (Lipinski definition) is 3. The summed E-state index contributed by atoms with van der Waals surface area (Å²) in [5, 5.41) is 9.34. The molecule has 2 fully saturated rings. The van der Waals surface area contributed by atoms with Crippen molar-refractivity contribution in [3.8, 4) is 0 Å². The average molecular weight is 415 g/mol. The topological polar surface area (TPSA) is 107 Å². The van der Waals surface area contributed by atoms with Crippen molar-refractivity contribution in [1.82, 2.24) is 25.4 Å². The Balaban J connectivity index is 1.34. The Hall–Kier alpha value is -2.68. The molecular formula is C21H30N6O3. The molecule has 2 atom stereocenters. The summed E-state index contributed by atoms with van der Waals surface area (Å²) in [6.45, 7) is 5.28. The molecule has 3 aliphatic rings. The number of anilines is 1. The molecule has 3 N–H and O–H groups in total. The lowest BCUT2D eigenvalue weighted by molar-refractivity contribution is -0.135. The van der Waals surface area contributed by atoms with Gasteiger partial charge < -0.3 is 20.9 Å². The van der Waals surface area contributed by atoms with Gasteiger partial charge in [0, 0.05) is 38.2 Å². The molecule has 4 heterocycles. The maximum Gasteiger partial charge on any atom is 0.256 e. The van der Waals surface area contributed by atoms with Crippen LogP contribution in [0.3, 0.4) is 0 Å². The summed E-state index contributed by atoms with van der Waals surface area (Å²) in [7, 11) is 0. The lowest BCUT2D eigenvalue weighted by atomic mass is 9.97. The Morgan fingerprint density at radius 1 is 1.30 bits per heavy atom. The van der Waals surface area contributed by atoms with Crippen molar-refractivity contribution in [1.29, 1.82) is 0 Å². The minimum Gasteiger partial charge on any atom is -0.353 e. The molecule has 1 aromatic rings. The molecule has 30 heavy (non-hydrogen) atoms. The number of pyridine rings is 1. The van der Waals surface area contributed by atoms with Gasteiger partial charge in [0.25, 0.3) is 5.91 Å². The molecule has 162 valence electrons. The van der Waals surface area contributed by atoms with Crippen LogP contribution in [0.5, 0.6) is 0 Å². The summed E-state index contributed by atoms with van der Waals surface area (Å²) in [6.07, 6.45) is 5.13. The summed E-state index contributed by atoms with van der Waals surface area (Å²) in [5.74, 6) is 0.153. The molecule has 0 bridgehead atoms. The summed E-state index contributed by atoms with van der Waals surface area (Å²) in [4.78, 5) is 45.9. The third-order valence-electron chi connectivity index (χ3n) is 6.46. The lowest BCUT2D eigenvalue weighted by Crippen LogP contribution is -2.58. The zero-order chi connectivity index (χ0) is 21.1. The van der Waals surface area contributed by atoms with Crippen molar-refractivity contribution in [2.75, 3.05) is 38.0 Å². The van der Waals surface area contributed by atoms with Crippen LogP contribution in [0.1, 0.15) is 49.4 Å². The number of nitrogens with zero attached hydrogens (tertiary/aromatic N) is 3. The Bertz CT molecular complexity index is 831. The van der Waals surface area contributed by atoms with E-state index in [0.717, 1.165) is 25.9 Å². The van der Waals surface area contributed by atoms with Gasteiger partial charge in [-0.05, 0) is 44.5 Å². The second kappa shape index (κ2) is 8.59. The minimum atomic E-state index is -0.717. The SMILES string of the molecule is CCN1CCCC1CNC(=O)CN1CCC2(CCC1=O)NC(=O)c1cccnc1N2. The van der Waals surface area contributed by atoms with Crippen molar-refractivity contribution in [3.63, 3.8) is 0 Å². The van der Waals surface area contributed by atoms with Gasteiger partial charge in [-0.15, -0.1) is 0 Å². The molecule has 3 amide bonds. The fourth-order valence-corrected chi connectivity index (χ4v) is 4.71. The predicted octanol–water partition coefficient (Wildman–Crippen LogP) is 0.546. The van der Waals surface area contributed by atoms with Crippen molar-refractivity contribution < 1.29 is 14.4 Å². The Kier molecular flexibility index (Phi) is 5.90. The van der Waals surface area contributed by atoms with Gasteiger partial charge in [-0.1, -0.05) is 6.92 Å². The van der Waals surface area contributed by atoms with E-state index in [-0.39, 0.29) is 30.7 Å². The van der Waals surface area contributed by atoms with E-state index >= 15 is 0 Å². The van der Waals surface area contributed by atoms with Crippen LogP contribution in [0.4, 0.5) is 5.82 Å². The third kappa shape index (κ3) is 4.26. The zero-order valence-corrected chi connectivity index (χ0v) is 17.4. The molecule has 9 nitrogen and oxygen atoms in total. The number of hydrogen-bond acceptors (Lipinski definition) is 6. The van der Waals surface area contributed by atoms with Gasteiger partial charge in [-0.25, -0.2) is 4.98 Å². The highest BCUT2D eigenvalue weighted by molar-refractivity contribution is 6.01. The molecule has 0 saturated carbocycles. The molecule has 0 aliphatic carbocycles. The van der Waals surface area contributed by atoms with Gasteiger partial charge >= 0.3 is 0 Å². The number of likely N-dealkylation sites (tertiary alicyclic amines) is 2. The highest BCUT2D eigenvalue weighted by atomic mass is 16.2. The van der Waals surface area contributed by atoms with Crippen LogP contribution in [0.25, 0.3) is 0 Å². The predicted molar refractivity (Wildman–Crippen MR) is 112 cm³/mol. The number of likely N-dealkylation sites (N-methyl/N-ethyl adjacent to an activating group) is 1. The normalized spacial score (nSPS) is 26.7. The van der Waals surface area contributed by atoms with Gasteiger partial charge in [-0.3, -0.25) is 19.3 Å². The second-order valence-electron chi connectivity index (χ2n) is 8.35. The second-order valence-corrected chi connectivity index (χ2v) is 8.35. The summed E-state index contributed by atoms with van der Waals surface area (Å²) in [5.41, 5.74) is -0.215. The molecule has 0 aromatic carbocycles. The summed E-state index contributed by atoms with van der Waals surface area (Å²) >= 11 is 0. The van der Waals surface area contributed by atoms with Gasteiger partial charge in [0.15, 0.2) is 0 Å². The summed E-state index contributed by atoms with van der Waals surface area (Å²) < 4.78 is 0. The third-order valence-corrected chi connectivity index (χ3v) is 6.46. The van der Waals surface area contributed by atoms with Gasteiger partial charge in [-0.2, -0.15) is 0 Å².